The third-order valence-electron chi connectivity index (χ3n) is 6.81. The summed E-state index contributed by atoms with van der Waals surface area (Å²) >= 11 is 2.42. The Morgan fingerprint density at radius 2 is 1.52 bits per heavy atom. The minimum Gasteiger partial charge on any atom is -0.468 e. The Morgan fingerprint density at radius 3 is 1.89 bits per heavy atom. The van der Waals surface area contributed by atoms with Gasteiger partial charge in [0.15, 0.2) is 13.7 Å². The van der Waals surface area contributed by atoms with Crippen LogP contribution in [0.25, 0.3) is 0 Å². The number of fused-ring (bicyclic) bond motifs is 1. The number of allylic oxidation sites excluding steroid dienone is 1. The van der Waals surface area contributed by atoms with Crippen molar-refractivity contribution in [2.75, 3.05) is 20.8 Å². The van der Waals surface area contributed by atoms with Gasteiger partial charge in [0.25, 0.3) is 0 Å². The molecule has 0 aromatic rings. The Kier molecular flexibility index (Phi) is 6.90. The Labute approximate surface area is 177 Å². The van der Waals surface area contributed by atoms with Crippen molar-refractivity contribution in [3.8, 4) is 0 Å². The zero-order chi connectivity index (χ0) is 20.6. The number of hydrogen-bond donors (Lipinski definition) is 0. The third-order valence-corrected chi connectivity index (χ3v) is 12.4. The molecule has 2 fully saturated rings. The largest absolute Gasteiger partial charge is 0.468 e. The van der Waals surface area contributed by atoms with Gasteiger partial charge in [-0.2, -0.15) is 0 Å². The van der Waals surface area contributed by atoms with Gasteiger partial charge in [0, 0.05) is 3.58 Å². The van der Waals surface area contributed by atoms with E-state index in [1.165, 1.54) is 23.4 Å². The second-order valence-electron chi connectivity index (χ2n) is 9.46. The van der Waals surface area contributed by atoms with Crippen LogP contribution in [0, 0.1) is 17.3 Å². The molecule has 0 amide bonds. The minimum absolute atomic E-state index is 0.196. The lowest BCUT2D eigenvalue weighted by molar-refractivity contribution is -0.169. The second-order valence-corrected chi connectivity index (χ2v) is 15.6. The number of carbonyl (C=O) groups is 2. The monoisotopic (exact) mass is 508 g/mol. The van der Waals surface area contributed by atoms with E-state index in [1.54, 1.807) is 0 Å². The maximum Gasteiger partial charge on any atom is 0.323 e. The lowest BCUT2D eigenvalue weighted by Crippen LogP contribution is -2.41. The van der Waals surface area contributed by atoms with Crippen molar-refractivity contribution in [3.05, 3.63) is 9.15 Å². The maximum atomic E-state index is 12.3. The summed E-state index contributed by atoms with van der Waals surface area (Å²) in [7, 11) is 0.911. The highest BCUT2D eigenvalue weighted by Crippen LogP contribution is 2.56. The highest BCUT2D eigenvalue weighted by molar-refractivity contribution is 14.1. The molecule has 2 aliphatic carbocycles. The summed E-state index contributed by atoms with van der Waals surface area (Å²) in [6.45, 7) is 12.0. The van der Waals surface area contributed by atoms with Crippen molar-refractivity contribution >= 4 is 42.8 Å². The highest BCUT2D eigenvalue weighted by Gasteiger charge is 2.58. The van der Waals surface area contributed by atoms with Gasteiger partial charge < -0.3 is 13.9 Å². The van der Waals surface area contributed by atoms with E-state index in [9.17, 15) is 9.59 Å². The molecular formula is C20H33IO5Si. The van der Waals surface area contributed by atoms with Crippen molar-refractivity contribution in [2.45, 2.75) is 64.6 Å². The summed E-state index contributed by atoms with van der Waals surface area (Å²) in [5.41, 5.74) is 0.306. The number of ether oxygens (including phenoxy) is 2. The van der Waals surface area contributed by atoms with Crippen molar-refractivity contribution in [3.63, 3.8) is 0 Å². The molecule has 0 radical (unpaired) electrons. The first-order valence-corrected chi connectivity index (χ1v) is 13.5. The summed E-state index contributed by atoms with van der Waals surface area (Å²) in [5.74, 6) is -0.248. The molecule has 7 heteroatoms. The molecule has 154 valence electrons. The van der Waals surface area contributed by atoms with Gasteiger partial charge in [0.1, 0.15) is 0 Å². The molecule has 0 N–H and O–H groups in total. The van der Waals surface area contributed by atoms with E-state index in [4.69, 9.17) is 13.9 Å². The first kappa shape index (κ1) is 22.9. The zero-order valence-electron chi connectivity index (χ0n) is 17.6. The van der Waals surface area contributed by atoms with Crippen molar-refractivity contribution in [2.24, 2.45) is 17.3 Å². The van der Waals surface area contributed by atoms with Gasteiger partial charge in [-0.15, -0.1) is 0 Å². The summed E-state index contributed by atoms with van der Waals surface area (Å²) in [5, 5.41) is 0.196. The standard InChI is InChI=1S/C20H33IO5Si/c1-19(2,3)27(6,7)26-12-16(21)13-8-14-10-20(17(22)24-4,18(23)25-5)11-15(14)9-13/h14-15H,8-12H2,1-7H3/t14-,15+. The minimum atomic E-state index is -1.77. The van der Waals surface area contributed by atoms with E-state index in [-0.39, 0.29) is 5.04 Å². The van der Waals surface area contributed by atoms with Crippen LogP contribution in [0.15, 0.2) is 9.15 Å². The van der Waals surface area contributed by atoms with E-state index >= 15 is 0 Å². The molecular weight excluding hydrogens is 475 g/mol. The number of halogens is 1. The van der Waals surface area contributed by atoms with Crippen molar-refractivity contribution in [1.82, 2.24) is 0 Å². The molecule has 0 bridgehead atoms. The molecule has 0 saturated heterocycles. The topological polar surface area (TPSA) is 61.8 Å². The van der Waals surface area contributed by atoms with Crippen LogP contribution in [-0.2, 0) is 23.5 Å². The van der Waals surface area contributed by atoms with Gasteiger partial charge in [-0.1, -0.05) is 26.3 Å². The van der Waals surface area contributed by atoms with Crippen molar-refractivity contribution in [1.29, 1.82) is 0 Å². The molecule has 2 atom stereocenters. The molecule has 0 aromatic heterocycles. The lowest BCUT2D eigenvalue weighted by Gasteiger charge is -2.36. The molecule has 27 heavy (non-hydrogen) atoms. The Balaban J connectivity index is 2.08. The maximum absolute atomic E-state index is 12.3. The van der Waals surface area contributed by atoms with E-state index in [0.29, 0.717) is 31.3 Å². The van der Waals surface area contributed by atoms with Gasteiger partial charge >= 0.3 is 11.9 Å². The number of esters is 2. The Bertz CT molecular complexity index is 601. The lowest BCUT2D eigenvalue weighted by atomic mass is 9.83. The number of hydrogen-bond acceptors (Lipinski definition) is 5. The second kappa shape index (κ2) is 8.14. The average Bonchev–Trinajstić information content (AvgIpc) is 3.14. The zero-order valence-corrected chi connectivity index (χ0v) is 20.8. The van der Waals surface area contributed by atoms with Gasteiger partial charge in [-0.05, 0) is 78.2 Å². The predicted molar refractivity (Wildman–Crippen MR) is 116 cm³/mol. The summed E-state index contributed by atoms with van der Waals surface area (Å²) < 4.78 is 17.5. The number of rotatable bonds is 5. The van der Waals surface area contributed by atoms with Gasteiger partial charge in [0.05, 0.1) is 20.8 Å². The molecule has 5 nitrogen and oxygen atoms in total. The first-order chi connectivity index (χ1) is 12.4. The molecule has 0 heterocycles. The molecule has 2 rings (SSSR count). The van der Waals surface area contributed by atoms with Crippen LogP contribution in [0.5, 0.6) is 0 Å². The Hall–Kier alpha value is -0.413. The molecule has 2 saturated carbocycles. The molecule has 0 unspecified atom stereocenters. The first-order valence-electron chi connectivity index (χ1n) is 9.55. The van der Waals surface area contributed by atoms with Gasteiger partial charge in [-0.25, -0.2) is 0 Å². The van der Waals surface area contributed by atoms with Crippen LogP contribution in [0.2, 0.25) is 18.1 Å². The molecule has 0 aromatic carbocycles. The van der Waals surface area contributed by atoms with Gasteiger partial charge in [-0.3, -0.25) is 9.59 Å². The van der Waals surface area contributed by atoms with E-state index in [1.807, 2.05) is 0 Å². The van der Waals surface area contributed by atoms with E-state index in [2.05, 4.69) is 56.5 Å². The quantitative estimate of drug-likeness (QED) is 0.230. The van der Waals surface area contributed by atoms with Gasteiger partial charge in [0.2, 0.25) is 0 Å². The molecule has 0 spiro atoms. The smallest absolute Gasteiger partial charge is 0.323 e. The molecule has 2 aliphatic rings. The fourth-order valence-electron chi connectivity index (χ4n) is 4.10. The fraction of sp³-hybridized carbons (Fsp3) is 0.800. The van der Waals surface area contributed by atoms with Crippen molar-refractivity contribution < 1.29 is 23.5 Å². The van der Waals surface area contributed by atoms with Crippen LogP contribution in [0.1, 0.15) is 46.5 Å². The molecule has 0 aliphatic heterocycles. The fourth-order valence-corrected chi connectivity index (χ4v) is 5.93. The Morgan fingerprint density at radius 1 is 1.07 bits per heavy atom. The summed E-state index contributed by atoms with van der Waals surface area (Å²) in [6, 6.07) is 0. The van der Waals surface area contributed by atoms with Crippen LogP contribution in [0.3, 0.4) is 0 Å². The summed E-state index contributed by atoms with van der Waals surface area (Å²) in [6.07, 6.45) is 2.90. The van der Waals surface area contributed by atoms with Crippen LogP contribution in [-0.4, -0.2) is 41.1 Å². The predicted octanol–water partition coefficient (Wildman–Crippen LogP) is 4.85. The normalized spacial score (nSPS) is 26.5. The highest BCUT2D eigenvalue weighted by atomic mass is 127. The third kappa shape index (κ3) is 4.45. The number of carbonyl (C=O) groups excluding carboxylic acids is 2. The van der Waals surface area contributed by atoms with Crippen LogP contribution in [0.4, 0.5) is 0 Å². The SMILES string of the molecule is COC(=O)C1(C(=O)OC)C[C@H]2CC(=C(I)CO[Si](C)(C)C(C)(C)C)C[C@H]2C1. The number of methoxy groups -OCH3 is 2. The summed E-state index contributed by atoms with van der Waals surface area (Å²) in [4.78, 5) is 24.7. The van der Waals surface area contributed by atoms with Crippen LogP contribution >= 0.6 is 22.6 Å². The van der Waals surface area contributed by atoms with E-state index in [0.717, 1.165) is 12.8 Å². The van der Waals surface area contributed by atoms with Crippen LogP contribution < -0.4 is 0 Å². The average molecular weight is 508 g/mol. The van der Waals surface area contributed by atoms with E-state index < -0.39 is 25.7 Å².